The Bertz CT molecular complexity index is 566. The molecule has 142 valence electrons. The first kappa shape index (κ1) is 22.0. The van der Waals surface area contributed by atoms with Crippen LogP contribution < -0.4 is 10.6 Å². The quantitative estimate of drug-likeness (QED) is 0.395. The van der Waals surface area contributed by atoms with E-state index in [0.717, 1.165) is 12.5 Å². The number of thiophene rings is 1. The molecule has 1 unspecified atom stereocenters. The number of amides is 1. The number of guanidine groups is 1. The first-order valence-electron chi connectivity index (χ1n) is 8.27. The Labute approximate surface area is 171 Å². The van der Waals surface area contributed by atoms with Gasteiger partial charge in [0, 0.05) is 37.5 Å². The summed E-state index contributed by atoms with van der Waals surface area (Å²) >= 11 is 1.77. The Balaban J connectivity index is 0.00000312. The van der Waals surface area contributed by atoms with Crippen LogP contribution in [0.3, 0.4) is 0 Å². The average Bonchev–Trinajstić information content (AvgIpc) is 2.97. The summed E-state index contributed by atoms with van der Waals surface area (Å²) in [7, 11) is 1.76. The predicted molar refractivity (Wildman–Crippen MR) is 114 cm³/mol. The van der Waals surface area contributed by atoms with E-state index >= 15 is 0 Å². The van der Waals surface area contributed by atoms with E-state index in [1.54, 1.807) is 23.3 Å². The van der Waals surface area contributed by atoms with Crippen molar-refractivity contribution < 1.29 is 9.53 Å². The van der Waals surface area contributed by atoms with Crippen molar-refractivity contribution >= 4 is 47.4 Å². The van der Waals surface area contributed by atoms with Crippen LogP contribution in [0.1, 0.15) is 38.5 Å². The third kappa shape index (κ3) is 7.01. The fourth-order valence-corrected chi connectivity index (χ4v) is 3.14. The minimum absolute atomic E-state index is 0. The highest BCUT2D eigenvalue weighted by Gasteiger charge is 2.34. The number of hydrogen-bond acceptors (Lipinski definition) is 4. The van der Waals surface area contributed by atoms with Crippen molar-refractivity contribution in [3.8, 4) is 0 Å². The molecule has 2 heterocycles. The van der Waals surface area contributed by atoms with Gasteiger partial charge < -0.3 is 20.3 Å². The summed E-state index contributed by atoms with van der Waals surface area (Å²) in [6.07, 6.45) is -0.255. The first-order valence-corrected chi connectivity index (χ1v) is 9.15. The molecule has 0 aliphatic carbocycles. The van der Waals surface area contributed by atoms with Crippen molar-refractivity contribution in [2.75, 3.05) is 26.7 Å². The molecule has 1 aliphatic heterocycles. The molecule has 1 amide bonds. The van der Waals surface area contributed by atoms with Crippen LogP contribution in [0.15, 0.2) is 22.5 Å². The molecule has 25 heavy (non-hydrogen) atoms. The fraction of sp³-hybridized carbons (Fsp3) is 0.647. The van der Waals surface area contributed by atoms with Crippen LogP contribution in [0.25, 0.3) is 0 Å². The third-order valence-electron chi connectivity index (χ3n) is 3.70. The molecule has 1 saturated heterocycles. The van der Waals surface area contributed by atoms with Gasteiger partial charge in [0.1, 0.15) is 5.60 Å². The lowest BCUT2D eigenvalue weighted by Gasteiger charge is -2.40. The van der Waals surface area contributed by atoms with Crippen LogP contribution in [0.4, 0.5) is 4.79 Å². The maximum atomic E-state index is 11.9. The number of likely N-dealkylation sites (tertiary alicyclic amines) is 1. The SMILES string of the molecule is CN=C(NCC(C)c1cccs1)NC1CN(C(=O)OC(C)(C)C)C1.I. The second kappa shape index (κ2) is 9.61. The lowest BCUT2D eigenvalue weighted by molar-refractivity contribution is 0.00701. The number of carbonyl (C=O) groups excluding carboxylic acids is 1. The summed E-state index contributed by atoms with van der Waals surface area (Å²) in [5.41, 5.74) is -0.453. The highest BCUT2D eigenvalue weighted by molar-refractivity contribution is 14.0. The number of carbonyl (C=O) groups is 1. The zero-order valence-corrected chi connectivity index (χ0v) is 18.7. The third-order valence-corrected chi connectivity index (χ3v) is 4.81. The number of ether oxygens (including phenoxy) is 1. The fourth-order valence-electron chi connectivity index (χ4n) is 2.36. The van der Waals surface area contributed by atoms with Crippen molar-refractivity contribution in [1.82, 2.24) is 15.5 Å². The van der Waals surface area contributed by atoms with E-state index in [1.165, 1.54) is 4.88 Å². The normalized spacial score (nSPS) is 16.5. The monoisotopic (exact) mass is 480 g/mol. The zero-order valence-electron chi connectivity index (χ0n) is 15.5. The standard InChI is InChI=1S/C17H28N4O2S.HI/c1-12(14-7-6-8-24-14)9-19-15(18-5)20-13-10-21(11-13)16(22)23-17(2,3)4;/h6-8,12-13H,9-11H2,1-5H3,(H2,18,19,20);1H. The molecule has 2 rings (SSSR count). The number of aliphatic imine (C=N–C) groups is 1. The molecule has 0 radical (unpaired) electrons. The van der Waals surface area contributed by atoms with Crippen LogP contribution in [-0.4, -0.2) is 55.3 Å². The number of rotatable bonds is 4. The Morgan fingerprint density at radius 2 is 2.16 bits per heavy atom. The smallest absolute Gasteiger partial charge is 0.410 e. The zero-order chi connectivity index (χ0) is 17.7. The molecule has 1 atom stereocenters. The van der Waals surface area contributed by atoms with Gasteiger partial charge >= 0.3 is 6.09 Å². The lowest BCUT2D eigenvalue weighted by Crippen LogP contribution is -2.63. The molecule has 8 heteroatoms. The topological polar surface area (TPSA) is 66.0 Å². The molecule has 1 fully saturated rings. The van der Waals surface area contributed by atoms with E-state index in [4.69, 9.17) is 4.74 Å². The Hall–Kier alpha value is -1.03. The van der Waals surface area contributed by atoms with Gasteiger partial charge in [-0.2, -0.15) is 0 Å². The molecule has 2 N–H and O–H groups in total. The molecular formula is C17H29IN4O2S. The highest BCUT2D eigenvalue weighted by atomic mass is 127. The molecule has 6 nitrogen and oxygen atoms in total. The summed E-state index contributed by atoms with van der Waals surface area (Å²) in [5, 5.41) is 8.79. The van der Waals surface area contributed by atoms with Crippen LogP contribution >= 0.6 is 35.3 Å². The van der Waals surface area contributed by atoms with Crippen molar-refractivity contribution in [3.63, 3.8) is 0 Å². The summed E-state index contributed by atoms with van der Waals surface area (Å²) in [5.74, 6) is 1.20. The van der Waals surface area contributed by atoms with Gasteiger partial charge in [-0.15, -0.1) is 35.3 Å². The largest absolute Gasteiger partial charge is 0.444 e. The van der Waals surface area contributed by atoms with E-state index in [0.29, 0.717) is 19.0 Å². The summed E-state index contributed by atoms with van der Waals surface area (Å²) in [6, 6.07) is 4.43. The maximum absolute atomic E-state index is 11.9. The van der Waals surface area contributed by atoms with Gasteiger partial charge in [0.15, 0.2) is 5.96 Å². The molecule has 1 aromatic heterocycles. The van der Waals surface area contributed by atoms with Gasteiger partial charge in [0.2, 0.25) is 0 Å². The number of nitrogens with one attached hydrogen (secondary N) is 2. The van der Waals surface area contributed by atoms with Crippen LogP contribution in [0, 0.1) is 0 Å². The van der Waals surface area contributed by atoms with Gasteiger partial charge in [-0.25, -0.2) is 4.79 Å². The Morgan fingerprint density at radius 1 is 1.48 bits per heavy atom. The van der Waals surface area contributed by atoms with Gasteiger partial charge in [0.25, 0.3) is 0 Å². The first-order chi connectivity index (χ1) is 11.3. The Morgan fingerprint density at radius 3 is 2.68 bits per heavy atom. The van der Waals surface area contributed by atoms with Crippen LogP contribution in [0.2, 0.25) is 0 Å². The van der Waals surface area contributed by atoms with E-state index in [-0.39, 0.29) is 36.1 Å². The molecule has 1 aromatic rings. The maximum Gasteiger partial charge on any atom is 0.410 e. The molecule has 0 saturated carbocycles. The van der Waals surface area contributed by atoms with Crippen molar-refractivity contribution in [2.24, 2.45) is 4.99 Å². The van der Waals surface area contributed by atoms with Crippen molar-refractivity contribution in [1.29, 1.82) is 0 Å². The highest BCUT2D eigenvalue weighted by Crippen LogP contribution is 2.19. The lowest BCUT2D eigenvalue weighted by atomic mass is 10.1. The summed E-state index contributed by atoms with van der Waals surface area (Å²) in [4.78, 5) is 19.2. The van der Waals surface area contributed by atoms with Crippen molar-refractivity contribution in [3.05, 3.63) is 22.4 Å². The van der Waals surface area contributed by atoms with E-state index in [9.17, 15) is 4.79 Å². The average molecular weight is 480 g/mol. The second-order valence-electron chi connectivity index (χ2n) is 7.10. The molecule has 0 aromatic carbocycles. The molecule has 0 bridgehead atoms. The van der Waals surface area contributed by atoms with Crippen LogP contribution in [-0.2, 0) is 4.74 Å². The van der Waals surface area contributed by atoms with Gasteiger partial charge in [0.05, 0.1) is 6.04 Å². The van der Waals surface area contributed by atoms with E-state index in [1.807, 2.05) is 20.8 Å². The minimum atomic E-state index is -0.453. The second-order valence-corrected chi connectivity index (χ2v) is 8.08. The van der Waals surface area contributed by atoms with E-state index < -0.39 is 5.60 Å². The Kier molecular flexibility index (Phi) is 8.46. The van der Waals surface area contributed by atoms with Crippen LogP contribution in [0.5, 0.6) is 0 Å². The summed E-state index contributed by atoms with van der Waals surface area (Å²) < 4.78 is 5.36. The minimum Gasteiger partial charge on any atom is -0.444 e. The van der Waals surface area contributed by atoms with E-state index in [2.05, 4.69) is 40.1 Å². The van der Waals surface area contributed by atoms with Gasteiger partial charge in [-0.05, 0) is 32.2 Å². The van der Waals surface area contributed by atoms with Gasteiger partial charge in [-0.3, -0.25) is 4.99 Å². The number of hydrogen-bond donors (Lipinski definition) is 2. The number of halogens is 1. The summed E-state index contributed by atoms with van der Waals surface area (Å²) in [6.45, 7) is 9.91. The molecule has 1 aliphatic rings. The molecular weight excluding hydrogens is 451 g/mol. The van der Waals surface area contributed by atoms with Crippen molar-refractivity contribution in [2.45, 2.75) is 45.3 Å². The molecule has 0 spiro atoms. The predicted octanol–water partition coefficient (Wildman–Crippen LogP) is 3.25. The number of nitrogens with zero attached hydrogens (tertiary/aromatic N) is 2. The van der Waals surface area contributed by atoms with Gasteiger partial charge in [-0.1, -0.05) is 13.0 Å².